The highest BCUT2D eigenvalue weighted by Crippen LogP contribution is 2.28. The number of aryl methyl sites for hydroxylation is 7. The second-order valence-electron chi connectivity index (χ2n) is 11.0. The van der Waals surface area contributed by atoms with Crippen molar-refractivity contribution in [3.63, 3.8) is 0 Å². The summed E-state index contributed by atoms with van der Waals surface area (Å²) >= 11 is 1.91. The lowest BCUT2D eigenvalue weighted by Gasteiger charge is -2.23. The van der Waals surface area contributed by atoms with E-state index in [2.05, 4.69) is 128 Å². The molecule has 0 spiro atoms. The van der Waals surface area contributed by atoms with Gasteiger partial charge in [-0.1, -0.05) is 86.8 Å². The molecule has 38 heavy (non-hydrogen) atoms. The molecule has 0 aliphatic heterocycles. The van der Waals surface area contributed by atoms with E-state index in [4.69, 9.17) is 5.10 Å². The lowest BCUT2D eigenvalue weighted by atomic mass is 9.37. The molecule has 2 nitrogen and oxygen atoms in total. The van der Waals surface area contributed by atoms with E-state index in [0.717, 1.165) is 11.4 Å². The van der Waals surface area contributed by atoms with Crippen LogP contribution in [0.1, 0.15) is 50.3 Å². The SMILES string of the molecule is Cc1cc(C)c(B(c2ccc(-c3cccc(-n4nc(C)c(C)c4C)c3)s2)c2c(C)cc(C)cc2C)c(C)c1. The Morgan fingerprint density at radius 2 is 1.21 bits per heavy atom. The number of thiophene rings is 1. The molecule has 4 heteroatoms. The molecule has 0 aliphatic carbocycles. The van der Waals surface area contributed by atoms with Gasteiger partial charge in [0.25, 0.3) is 6.71 Å². The molecule has 0 amide bonds. The van der Waals surface area contributed by atoms with Gasteiger partial charge in [0.05, 0.1) is 11.4 Å². The van der Waals surface area contributed by atoms with Gasteiger partial charge < -0.3 is 0 Å². The van der Waals surface area contributed by atoms with Crippen molar-refractivity contribution >= 4 is 33.8 Å². The van der Waals surface area contributed by atoms with E-state index in [0.29, 0.717) is 0 Å². The van der Waals surface area contributed by atoms with Crippen LogP contribution in [0.5, 0.6) is 0 Å². The highest BCUT2D eigenvalue weighted by Gasteiger charge is 2.30. The molecule has 0 saturated carbocycles. The van der Waals surface area contributed by atoms with Crippen LogP contribution in [0.2, 0.25) is 0 Å². The van der Waals surface area contributed by atoms with Gasteiger partial charge in [-0.3, -0.25) is 0 Å². The first-order chi connectivity index (χ1) is 18.0. The van der Waals surface area contributed by atoms with Gasteiger partial charge in [-0.2, -0.15) is 5.10 Å². The number of hydrogen-bond acceptors (Lipinski definition) is 2. The quantitative estimate of drug-likeness (QED) is 0.233. The van der Waals surface area contributed by atoms with E-state index < -0.39 is 0 Å². The van der Waals surface area contributed by atoms with Crippen molar-refractivity contribution in [3.8, 4) is 16.1 Å². The third kappa shape index (κ3) is 4.67. The first kappa shape index (κ1) is 26.3. The second-order valence-corrected chi connectivity index (χ2v) is 12.1. The number of benzene rings is 3. The molecule has 5 rings (SSSR count). The van der Waals surface area contributed by atoms with E-state index >= 15 is 0 Å². The van der Waals surface area contributed by atoms with Crippen molar-refractivity contribution in [1.82, 2.24) is 9.78 Å². The summed E-state index contributed by atoms with van der Waals surface area (Å²) in [6.45, 7) is 20.1. The van der Waals surface area contributed by atoms with Crippen LogP contribution in [-0.2, 0) is 0 Å². The minimum Gasteiger partial charge on any atom is -0.238 e. The zero-order valence-corrected chi connectivity index (χ0v) is 25.0. The highest BCUT2D eigenvalue weighted by molar-refractivity contribution is 7.29. The van der Waals surface area contributed by atoms with Crippen molar-refractivity contribution in [2.24, 2.45) is 0 Å². The van der Waals surface area contributed by atoms with Crippen LogP contribution >= 0.6 is 11.3 Å². The number of nitrogens with zero attached hydrogens (tertiary/aromatic N) is 2. The summed E-state index contributed by atoms with van der Waals surface area (Å²) in [7, 11) is 0. The lowest BCUT2D eigenvalue weighted by molar-refractivity contribution is 0.833. The Morgan fingerprint density at radius 1 is 0.658 bits per heavy atom. The van der Waals surface area contributed by atoms with Gasteiger partial charge in [0.15, 0.2) is 0 Å². The minimum atomic E-state index is 0.205. The number of hydrogen-bond donors (Lipinski definition) is 0. The molecule has 2 aromatic heterocycles. The summed E-state index contributed by atoms with van der Waals surface area (Å²) in [6, 6.07) is 22.8. The van der Waals surface area contributed by atoms with E-state index in [1.807, 2.05) is 11.3 Å². The molecule has 0 saturated heterocycles. The van der Waals surface area contributed by atoms with Gasteiger partial charge in [0, 0.05) is 10.6 Å². The molecular formula is C34H37BN2S. The molecule has 5 aromatic rings. The van der Waals surface area contributed by atoms with Gasteiger partial charge in [-0.25, -0.2) is 4.68 Å². The van der Waals surface area contributed by atoms with Crippen LogP contribution in [0, 0.1) is 62.3 Å². The maximum absolute atomic E-state index is 4.80. The third-order valence-corrected chi connectivity index (χ3v) is 9.19. The van der Waals surface area contributed by atoms with Crippen molar-refractivity contribution < 1.29 is 0 Å². The number of aromatic nitrogens is 2. The van der Waals surface area contributed by atoms with Crippen LogP contribution in [0.15, 0.2) is 60.7 Å². The average Bonchev–Trinajstić information content (AvgIpc) is 3.43. The smallest absolute Gasteiger partial charge is 0.238 e. The first-order valence-corrected chi connectivity index (χ1v) is 14.3. The monoisotopic (exact) mass is 516 g/mol. The summed E-state index contributed by atoms with van der Waals surface area (Å²) in [5.74, 6) is 0. The predicted octanol–water partition coefficient (Wildman–Crippen LogP) is 6.89. The summed E-state index contributed by atoms with van der Waals surface area (Å²) in [5, 5.41) is 4.80. The number of rotatable bonds is 5. The molecule has 2 heterocycles. The Hall–Kier alpha value is -3.37. The van der Waals surface area contributed by atoms with Gasteiger partial charge in [0.1, 0.15) is 0 Å². The van der Waals surface area contributed by atoms with E-state index in [-0.39, 0.29) is 6.71 Å². The summed E-state index contributed by atoms with van der Waals surface area (Å²) < 4.78 is 3.46. The Kier molecular flexibility index (Phi) is 6.96. The van der Waals surface area contributed by atoms with Crippen LogP contribution in [0.4, 0.5) is 0 Å². The topological polar surface area (TPSA) is 17.8 Å². The lowest BCUT2D eigenvalue weighted by Crippen LogP contribution is -2.54. The normalized spacial score (nSPS) is 11.3. The molecule has 0 N–H and O–H groups in total. The van der Waals surface area contributed by atoms with Crippen molar-refractivity contribution in [2.45, 2.75) is 62.3 Å². The minimum absolute atomic E-state index is 0.205. The molecule has 0 unspecified atom stereocenters. The Morgan fingerprint density at radius 3 is 1.71 bits per heavy atom. The maximum atomic E-state index is 4.80. The zero-order valence-electron chi connectivity index (χ0n) is 24.2. The Labute approximate surface area is 232 Å². The second kappa shape index (κ2) is 10.1. The Bertz CT molecular complexity index is 1570. The fourth-order valence-electron chi connectivity index (χ4n) is 6.15. The van der Waals surface area contributed by atoms with Crippen LogP contribution in [0.3, 0.4) is 0 Å². The fourth-order valence-corrected chi connectivity index (χ4v) is 7.27. The van der Waals surface area contributed by atoms with E-state index in [9.17, 15) is 0 Å². The van der Waals surface area contributed by atoms with Crippen molar-refractivity contribution in [3.05, 3.63) is 111 Å². The van der Waals surface area contributed by atoms with Gasteiger partial charge >= 0.3 is 0 Å². The van der Waals surface area contributed by atoms with Gasteiger partial charge in [0.2, 0.25) is 0 Å². The van der Waals surface area contributed by atoms with Crippen LogP contribution < -0.4 is 15.7 Å². The molecule has 192 valence electrons. The largest absolute Gasteiger partial charge is 0.255 e. The molecule has 0 bridgehead atoms. The molecular weight excluding hydrogens is 479 g/mol. The summed E-state index contributed by atoms with van der Waals surface area (Å²) in [5.41, 5.74) is 16.9. The first-order valence-electron chi connectivity index (χ1n) is 13.4. The molecule has 0 aliphatic rings. The van der Waals surface area contributed by atoms with Gasteiger partial charge in [-0.05, 0) is 96.4 Å². The Balaban J connectivity index is 1.66. The third-order valence-electron chi connectivity index (χ3n) is 7.99. The van der Waals surface area contributed by atoms with Crippen LogP contribution in [0.25, 0.3) is 16.1 Å². The fraction of sp³-hybridized carbons (Fsp3) is 0.265. The van der Waals surface area contributed by atoms with Crippen molar-refractivity contribution in [2.75, 3.05) is 0 Å². The molecule has 0 atom stereocenters. The van der Waals surface area contributed by atoms with Gasteiger partial charge in [-0.15, -0.1) is 11.3 Å². The maximum Gasteiger partial charge on any atom is 0.255 e. The standard InChI is InChI=1S/C34H37BN2S/c1-20-15-22(3)33(23(4)16-20)35(34-24(5)17-21(2)18-25(34)6)32-14-13-31(38-32)29-11-10-12-30(19-29)37-28(9)26(7)27(8)36-37/h10-19H,1-9H3. The van der Waals surface area contributed by atoms with E-state index in [1.165, 1.54) is 70.8 Å². The van der Waals surface area contributed by atoms with Crippen molar-refractivity contribution in [1.29, 1.82) is 0 Å². The zero-order chi connectivity index (χ0) is 27.3. The van der Waals surface area contributed by atoms with Crippen LogP contribution in [-0.4, -0.2) is 16.5 Å². The highest BCUT2D eigenvalue weighted by atomic mass is 32.1. The molecule has 0 radical (unpaired) electrons. The summed E-state index contributed by atoms with van der Waals surface area (Å²) in [4.78, 5) is 1.29. The molecule has 0 fully saturated rings. The van der Waals surface area contributed by atoms with E-state index in [1.54, 1.807) is 0 Å². The molecule has 3 aromatic carbocycles. The predicted molar refractivity (Wildman–Crippen MR) is 167 cm³/mol. The summed E-state index contributed by atoms with van der Waals surface area (Å²) in [6.07, 6.45) is 0. The average molecular weight is 517 g/mol.